The fourth-order valence-corrected chi connectivity index (χ4v) is 1.65. The number of carbonyl (C=O) groups is 1. The van der Waals surface area contributed by atoms with Gasteiger partial charge in [-0.1, -0.05) is 18.6 Å². The van der Waals surface area contributed by atoms with Crippen molar-refractivity contribution in [1.82, 2.24) is 0 Å². The molecule has 0 saturated heterocycles. The molecule has 0 atom stereocenters. The van der Waals surface area contributed by atoms with Crippen molar-refractivity contribution in [2.75, 3.05) is 0 Å². The second-order valence-electron chi connectivity index (χ2n) is 3.72. The third kappa shape index (κ3) is 2.83. The minimum Gasteiger partial charge on any atom is -0.298 e. The summed E-state index contributed by atoms with van der Waals surface area (Å²) in [5.74, 6) is 0. The summed E-state index contributed by atoms with van der Waals surface area (Å²) >= 11 is 0. The van der Waals surface area contributed by atoms with Crippen molar-refractivity contribution in [2.24, 2.45) is 0 Å². The molecule has 0 bridgehead atoms. The second-order valence-corrected chi connectivity index (χ2v) is 3.72. The van der Waals surface area contributed by atoms with E-state index in [1.54, 1.807) is 0 Å². The Morgan fingerprint density at radius 2 is 1.92 bits per heavy atom. The molecule has 0 radical (unpaired) electrons. The quantitative estimate of drug-likeness (QED) is 0.605. The van der Waals surface area contributed by atoms with Crippen molar-refractivity contribution in [1.29, 1.82) is 0 Å². The Labute approximate surface area is 80.5 Å². The molecule has 0 aromatic heterocycles. The van der Waals surface area contributed by atoms with Gasteiger partial charge in [-0.25, -0.2) is 0 Å². The molecule has 1 nitrogen and oxygen atoms in total. The number of aldehydes is 1. The Morgan fingerprint density at radius 3 is 2.46 bits per heavy atom. The Bertz CT molecular complexity index is 246. The van der Waals surface area contributed by atoms with Crippen molar-refractivity contribution in [2.45, 2.75) is 46.0 Å². The Hall–Kier alpha value is -0.850. The molecule has 0 heterocycles. The minimum atomic E-state index is 0.978. The fourth-order valence-electron chi connectivity index (χ4n) is 1.65. The van der Waals surface area contributed by atoms with Crippen molar-refractivity contribution in [3.63, 3.8) is 0 Å². The minimum absolute atomic E-state index is 0.978. The number of hydrogen-bond acceptors (Lipinski definition) is 1. The summed E-state index contributed by atoms with van der Waals surface area (Å²) in [5, 5.41) is 0. The molecule has 13 heavy (non-hydrogen) atoms. The van der Waals surface area contributed by atoms with E-state index in [0.29, 0.717) is 0 Å². The van der Waals surface area contributed by atoms with Gasteiger partial charge in [0, 0.05) is 0 Å². The van der Waals surface area contributed by atoms with Crippen molar-refractivity contribution in [3.8, 4) is 0 Å². The van der Waals surface area contributed by atoms with Crippen LogP contribution in [0.2, 0.25) is 0 Å². The Kier molecular flexibility index (Phi) is 3.94. The molecule has 0 aliphatic heterocycles. The monoisotopic (exact) mass is 178 g/mol. The normalized spacial score (nSPS) is 19.1. The molecule has 0 amide bonds. The SMILES string of the molecule is CC/C(C)=C/C1=C(C=O)CCCC1. The van der Waals surface area contributed by atoms with Crippen LogP contribution in [0.25, 0.3) is 0 Å². The van der Waals surface area contributed by atoms with Crippen LogP contribution in [0, 0.1) is 0 Å². The van der Waals surface area contributed by atoms with Crippen LogP contribution in [0.15, 0.2) is 22.8 Å². The summed E-state index contributed by atoms with van der Waals surface area (Å²) in [6, 6.07) is 0. The predicted molar refractivity (Wildman–Crippen MR) is 55.6 cm³/mol. The maximum atomic E-state index is 10.8. The molecule has 0 N–H and O–H groups in total. The zero-order valence-electron chi connectivity index (χ0n) is 8.60. The Morgan fingerprint density at radius 1 is 1.31 bits per heavy atom. The highest BCUT2D eigenvalue weighted by atomic mass is 16.1. The van der Waals surface area contributed by atoms with Gasteiger partial charge in [0.05, 0.1) is 0 Å². The van der Waals surface area contributed by atoms with E-state index in [0.717, 1.165) is 31.1 Å². The van der Waals surface area contributed by atoms with E-state index < -0.39 is 0 Å². The molecule has 0 spiro atoms. The zero-order chi connectivity index (χ0) is 9.68. The lowest BCUT2D eigenvalue weighted by atomic mass is 9.91. The van der Waals surface area contributed by atoms with E-state index in [9.17, 15) is 4.79 Å². The van der Waals surface area contributed by atoms with E-state index in [1.165, 1.54) is 24.0 Å². The van der Waals surface area contributed by atoms with E-state index in [1.807, 2.05) is 0 Å². The number of allylic oxidation sites excluding steroid dienone is 4. The molecular weight excluding hydrogens is 160 g/mol. The van der Waals surface area contributed by atoms with Gasteiger partial charge in [0.1, 0.15) is 6.29 Å². The van der Waals surface area contributed by atoms with Gasteiger partial charge >= 0.3 is 0 Å². The summed E-state index contributed by atoms with van der Waals surface area (Å²) in [5.41, 5.74) is 3.68. The van der Waals surface area contributed by atoms with Gasteiger partial charge < -0.3 is 0 Å². The second kappa shape index (κ2) is 5.00. The lowest BCUT2D eigenvalue weighted by Gasteiger charge is -2.14. The average Bonchev–Trinajstić information content (AvgIpc) is 2.18. The van der Waals surface area contributed by atoms with E-state index in [2.05, 4.69) is 19.9 Å². The first-order valence-corrected chi connectivity index (χ1v) is 5.12. The average molecular weight is 178 g/mol. The first kappa shape index (κ1) is 10.2. The first-order valence-electron chi connectivity index (χ1n) is 5.12. The van der Waals surface area contributed by atoms with E-state index >= 15 is 0 Å². The maximum absolute atomic E-state index is 10.8. The molecule has 1 aliphatic rings. The van der Waals surface area contributed by atoms with Crippen LogP contribution in [0.3, 0.4) is 0 Å². The van der Waals surface area contributed by atoms with Crippen LogP contribution < -0.4 is 0 Å². The smallest absolute Gasteiger partial charge is 0.146 e. The van der Waals surface area contributed by atoms with Gasteiger partial charge in [-0.05, 0) is 50.2 Å². The lowest BCUT2D eigenvalue weighted by molar-refractivity contribution is -0.105. The molecule has 1 rings (SSSR count). The third-order valence-corrected chi connectivity index (χ3v) is 2.68. The predicted octanol–water partition coefficient (Wildman–Crippen LogP) is 3.41. The standard InChI is InChI=1S/C12H18O/c1-3-10(2)8-11-6-4-5-7-12(11)9-13/h8-9H,3-7H2,1-2H3/b10-8+. The molecule has 0 aromatic carbocycles. The summed E-state index contributed by atoms with van der Waals surface area (Å²) in [7, 11) is 0. The van der Waals surface area contributed by atoms with Crippen molar-refractivity contribution in [3.05, 3.63) is 22.8 Å². The largest absolute Gasteiger partial charge is 0.298 e. The molecule has 1 heteroatoms. The van der Waals surface area contributed by atoms with Crippen LogP contribution in [-0.4, -0.2) is 6.29 Å². The molecule has 0 aromatic rings. The summed E-state index contributed by atoms with van der Waals surface area (Å²) in [6.07, 6.45) is 8.79. The van der Waals surface area contributed by atoms with Crippen molar-refractivity contribution >= 4 is 6.29 Å². The third-order valence-electron chi connectivity index (χ3n) is 2.68. The highest BCUT2D eigenvalue weighted by Crippen LogP contribution is 2.25. The van der Waals surface area contributed by atoms with Crippen LogP contribution in [0.5, 0.6) is 0 Å². The highest BCUT2D eigenvalue weighted by Gasteiger charge is 2.09. The van der Waals surface area contributed by atoms with Crippen LogP contribution in [0.1, 0.15) is 46.0 Å². The fraction of sp³-hybridized carbons (Fsp3) is 0.583. The van der Waals surface area contributed by atoms with Gasteiger partial charge in [-0.2, -0.15) is 0 Å². The van der Waals surface area contributed by atoms with E-state index in [-0.39, 0.29) is 0 Å². The van der Waals surface area contributed by atoms with Gasteiger partial charge in [0.15, 0.2) is 0 Å². The number of rotatable bonds is 3. The molecule has 0 unspecified atom stereocenters. The molecule has 72 valence electrons. The highest BCUT2D eigenvalue weighted by molar-refractivity contribution is 5.75. The van der Waals surface area contributed by atoms with Gasteiger partial charge in [-0.3, -0.25) is 4.79 Å². The van der Waals surface area contributed by atoms with Gasteiger partial charge in [-0.15, -0.1) is 0 Å². The number of carbonyl (C=O) groups excluding carboxylic acids is 1. The van der Waals surface area contributed by atoms with Gasteiger partial charge in [0.25, 0.3) is 0 Å². The van der Waals surface area contributed by atoms with Crippen molar-refractivity contribution < 1.29 is 4.79 Å². The summed E-state index contributed by atoms with van der Waals surface area (Å²) in [6.45, 7) is 4.28. The first-order chi connectivity index (χ1) is 6.27. The topological polar surface area (TPSA) is 17.1 Å². The maximum Gasteiger partial charge on any atom is 0.146 e. The zero-order valence-corrected chi connectivity index (χ0v) is 8.60. The lowest BCUT2D eigenvalue weighted by Crippen LogP contribution is -1.99. The van der Waals surface area contributed by atoms with Gasteiger partial charge in [0.2, 0.25) is 0 Å². The molecule has 0 saturated carbocycles. The summed E-state index contributed by atoms with van der Waals surface area (Å²) in [4.78, 5) is 10.8. The van der Waals surface area contributed by atoms with E-state index in [4.69, 9.17) is 0 Å². The van der Waals surface area contributed by atoms with Crippen LogP contribution in [0.4, 0.5) is 0 Å². The van der Waals surface area contributed by atoms with Crippen LogP contribution >= 0.6 is 0 Å². The summed E-state index contributed by atoms with van der Waals surface area (Å²) < 4.78 is 0. The Balaban J connectivity index is 2.85. The van der Waals surface area contributed by atoms with Crippen LogP contribution in [-0.2, 0) is 4.79 Å². The molecule has 0 fully saturated rings. The molecular formula is C12H18O. The number of hydrogen-bond donors (Lipinski definition) is 0. The molecule has 1 aliphatic carbocycles.